The molecule has 0 heterocycles. The maximum atomic E-state index is 13.4. The van der Waals surface area contributed by atoms with Gasteiger partial charge in [-0.25, -0.2) is 4.39 Å². The van der Waals surface area contributed by atoms with Crippen molar-refractivity contribution in [3.05, 3.63) is 35.6 Å². The molecule has 0 aliphatic heterocycles. The zero-order valence-corrected chi connectivity index (χ0v) is 13.2. The first kappa shape index (κ1) is 17.1. The molecule has 0 radical (unpaired) electrons. The molecule has 0 aromatic heterocycles. The number of nitrogens with zero attached hydrogens (tertiary/aromatic N) is 1. The number of rotatable bonds is 10. The molecule has 0 aliphatic rings. The van der Waals surface area contributed by atoms with Gasteiger partial charge in [0, 0.05) is 6.04 Å². The zero-order chi connectivity index (χ0) is 14.8. The van der Waals surface area contributed by atoms with E-state index in [1.807, 2.05) is 6.07 Å². The average Bonchev–Trinajstić information content (AvgIpc) is 2.43. The fourth-order valence-corrected chi connectivity index (χ4v) is 2.64. The highest BCUT2D eigenvalue weighted by Gasteiger charge is 2.13. The smallest absolute Gasteiger partial charge is 0.123 e. The van der Waals surface area contributed by atoms with E-state index in [2.05, 4.69) is 31.0 Å². The normalized spacial score (nSPS) is 12.8. The van der Waals surface area contributed by atoms with E-state index in [9.17, 15) is 4.39 Å². The quantitative estimate of drug-likeness (QED) is 0.697. The molecule has 0 bridgehead atoms. The summed E-state index contributed by atoms with van der Waals surface area (Å²) in [5.41, 5.74) is 1.06. The second-order valence-electron chi connectivity index (χ2n) is 5.30. The van der Waals surface area contributed by atoms with Gasteiger partial charge >= 0.3 is 0 Å². The molecule has 1 aromatic rings. The highest BCUT2D eigenvalue weighted by Crippen LogP contribution is 2.18. The van der Waals surface area contributed by atoms with Crippen LogP contribution in [0.1, 0.15) is 51.6 Å². The minimum absolute atomic E-state index is 0.149. The molecule has 1 aromatic carbocycles. The first-order chi connectivity index (χ1) is 9.71. The van der Waals surface area contributed by atoms with E-state index in [4.69, 9.17) is 0 Å². The van der Waals surface area contributed by atoms with Crippen LogP contribution in [0.15, 0.2) is 24.3 Å². The molecule has 0 spiro atoms. The first-order valence-corrected chi connectivity index (χ1v) is 7.92. The van der Waals surface area contributed by atoms with Crippen LogP contribution in [-0.4, -0.2) is 31.1 Å². The largest absolute Gasteiger partial charge is 0.310 e. The van der Waals surface area contributed by atoms with E-state index >= 15 is 0 Å². The lowest BCUT2D eigenvalue weighted by Gasteiger charge is -2.25. The van der Waals surface area contributed by atoms with E-state index in [1.165, 1.54) is 18.9 Å². The Kier molecular flexibility index (Phi) is 8.47. The number of benzene rings is 1. The molecule has 114 valence electrons. The molecular formula is C17H29FN2. The standard InChI is InChI=1S/C17H29FN2/c1-4-11-20(12-5-2)13-10-17(19-6-3)15-8-7-9-16(18)14-15/h7-9,14,17,19H,4-6,10-13H2,1-3H3. The molecule has 2 nitrogen and oxygen atoms in total. The van der Waals surface area contributed by atoms with Crippen molar-refractivity contribution in [1.29, 1.82) is 0 Å². The van der Waals surface area contributed by atoms with Gasteiger partial charge in [0.05, 0.1) is 0 Å². The van der Waals surface area contributed by atoms with Crippen LogP contribution < -0.4 is 5.32 Å². The van der Waals surface area contributed by atoms with Gasteiger partial charge in [0.15, 0.2) is 0 Å². The molecule has 0 fully saturated rings. The zero-order valence-electron chi connectivity index (χ0n) is 13.2. The van der Waals surface area contributed by atoms with Crippen molar-refractivity contribution in [2.24, 2.45) is 0 Å². The Bertz CT molecular complexity index is 362. The summed E-state index contributed by atoms with van der Waals surface area (Å²) in [5, 5.41) is 3.47. The van der Waals surface area contributed by atoms with E-state index in [-0.39, 0.29) is 11.9 Å². The summed E-state index contributed by atoms with van der Waals surface area (Å²) >= 11 is 0. The molecule has 0 amide bonds. The number of hydrogen-bond donors (Lipinski definition) is 1. The van der Waals surface area contributed by atoms with Crippen molar-refractivity contribution >= 4 is 0 Å². The second kappa shape index (κ2) is 9.89. The van der Waals surface area contributed by atoms with Gasteiger partial charge in [0.1, 0.15) is 5.82 Å². The molecule has 3 heteroatoms. The third-order valence-electron chi connectivity index (χ3n) is 3.52. The SMILES string of the molecule is CCCN(CCC)CCC(NCC)c1cccc(F)c1. The van der Waals surface area contributed by atoms with E-state index in [0.717, 1.165) is 38.2 Å². The van der Waals surface area contributed by atoms with Crippen molar-refractivity contribution in [1.82, 2.24) is 10.2 Å². The summed E-state index contributed by atoms with van der Waals surface area (Å²) < 4.78 is 13.4. The Labute approximate surface area is 123 Å². The third-order valence-corrected chi connectivity index (χ3v) is 3.52. The second-order valence-corrected chi connectivity index (χ2v) is 5.30. The topological polar surface area (TPSA) is 15.3 Å². The number of nitrogens with one attached hydrogen (secondary N) is 1. The molecule has 20 heavy (non-hydrogen) atoms. The lowest BCUT2D eigenvalue weighted by Crippen LogP contribution is -2.31. The van der Waals surface area contributed by atoms with Gasteiger partial charge in [-0.15, -0.1) is 0 Å². The van der Waals surface area contributed by atoms with Crippen molar-refractivity contribution in [3.8, 4) is 0 Å². The van der Waals surface area contributed by atoms with Crippen molar-refractivity contribution in [3.63, 3.8) is 0 Å². The molecule has 0 aliphatic carbocycles. The van der Waals surface area contributed by atoms with Gasteiger partial charge in [-0.1, -0.05) is 32.9 Å². The minimum atomic E-state index is -0.149. The molecule has 0 saturated carbocycles. The summed E-state index contributed by atoms with van der Waals surface area (Å²) in [6.45, 7) is 10.8. The fraction of sp³-hybridized carbons (Fsp3) is 0.647. The number of hydrogen-bond acceptors (Lipinski definition) is 2. The summed E-state index contributed by atoms with van der Waals surface area (Å²) in [4.78, 5) is 2.50. The molecule has 1 atom stereocenters. The Morgan fingerprint density at radius 1 is 1.10 bits per heavy atom. The monoisotopic (exact) mass is 280 g/mol. The van der Waals surface area contributed by atoms with E-state index < -0.39 is 0 Å². The fourth-order valence-electron chi connectivity index (χ4n) is 2.64. The van der Waals surface area contributed by atoms with Gasteiger partial charge in [0.25, 0.3) is 0 Å². The van der Waals surface area contributed by atoms with Crippen LogP contribution in [0.2, 0.25) is 0 Å². The van der Waals surface area contributed by atoms with Crippen molar-refractivity contribution in [2.45, 2.75) is 46.1 Å². The van der Waals surface area contributed by atoms with Crippen LogP contribution in [0.3, 0.4) is 0 Å². The summed E-state index contributed by atoms with van der Waals surface area (Å²) in [6, 6.07) is 7.21. The average molecular weight is 280 g/mol. The summed E-state index contributed by atoms with van der Waals surface area (Å²) in [5.74, 6) is -0.149. The molecule has 1 unspecified atom stereocenters. The molecular weight excluding hydrogens is 251 g/mol. The lowest BCUT2D eigenvalue weighted by atomic mass is 10.0. The Morgan fingerprint density at radius 2 is 1.80 bits per heavy atom. The Morgan fingerprint density at radius 3 is 2.35 bits per heavy atom. The van der Waals surface area contributed by atoms with Crippen LogP contribution in [0.4, 0.5) is 4.39 Å². The molecule has 0 saturated heterocycles. The van der Waals surface area contributed by atoms with E-state index in [1.54, 1.807) is 12.1 Å². The third kappa shape index (κ3) is 6.02. The van der Waals surface area contributed by atoms with Crippen molar-refractivity contribution in [2.75, 3.05) is 26.2 Å². The molecule has 1 N–H and O–H groups in total. The van der Waals surface area contributed by atoms with Crippen LogP contribution >= 0.6 is 0 Å². The highest BCUT2D eigenvalue weighted by molar-refractivity contribution is 5.20. The first-order valence-electron chi connectivity index (χ1n) is 7.92. The maximum absolute atomic E-state index is 13.4. The predicted octanol–water partition coefficient (Wildman–Crippen LogP) is 3.99. The lowest BCUT2D eigenvalue weighted by molar-refractivity contribution is 0.257. The van der Waals surface area contributed by atoms with Gasteiger partial charge in [-0.05, 0) is 63.1 Å². The Balaban J connectivity index is 2.62. The minimum Gasteiger partial charge on any atom is -0.310 e. The summed E-state index contributed by atoms with van der Waals surface area (Å²) in [7, 11) is 0. The van der Waals surface area contributed by atoms with Crippen LogP contribution in [-0.2, 0) is 0 Å². The van der Waals surface area contributed by atoms with Gasteiger partial charge in [0.2, 0.25) is 0 Å². The predicted molar refractivity (Wildman–Crippen MR) is 84.5 cm³/mol. The van der Waals surface area contributed by atoms with E-state index in [0.29, 0.717) is 0 Å². The highest BCUT2D eigenvalue weighted by atomic mass is 19.1. The molecule has 1 rings (SSSR count). The Hall–Kier alpha value is -0.930. The number of halogens is 1. The maximum Gasteiger partial charge on any atom is 0.123 e. The van der Waals surface area contributed by atoms with Crippen LogP contribution in [0.25, 0.3) is 0 Å². The van der Waals surface area contributed by atoms with Gasteiger partial charge in [-0.3, -0.25) is 0 Å². The van der Waals surface area contributed by atoms with Crippen molar-refractivity contribution < 1.29 is 4.39 Å². The summed E-state index contributed by atoms with van der Waals surface area (Å²) in [6.07, 6.45) is 3.40. The van der Waals surface area contributed by atoms with Gasteiger partial charge < -0.3 is 10.2 Å². The van der Waals surface area contributed by atoms with Crippen LogP contribution in [0.5, 0.6) is 0 Å². The van der Waals surface area contributed by atoms with Gasteiger partial charge in [-0.2, -0.15) is 0 Å². The van der Waals surface area contributed by atoms with Crippen LogP contribution in [0, 0.1) is 5.82 Å².